The van der Waals surface area contributed by atoms with Gasteiger partial charge in [-0.15, -0.1) is 0 Å². The molecule has 0 bridgehead atoms. The van der Waals surface area contributed by atoms with Crippen LogP contribution in [0.5, 0.6) is 0 Å². The van der Waals surface area contributed by atoms with Crippen molar-refractivity contribution in [1.29, 1.82) is 0 Å². The van der Waals surface area contributed by atoms with Crippen molar-refractivity contribution in [2.24, 2.45) is 0 Å². The Kier molecular flexibility index (Phi) is 3.23. The molecule has 1 unspecified atom stereocenters. The summed E-state index contributed by atoms with van der Waals surface area (Å²) in [5, 5.41) is 11.5. The largest absolute Gasteiger partial charge is 0.376 e. The van der Waals surface area contributed by atoms with Crippen LogP contribution in [0.25, 0.3) is 5.57 Å². The smallest absolute Gasteiger partial charge is 0.137 e. The summed E-state index contributed by atoms with van der Waals surface area (Å²) >= 11 is 0. The first-order chi connectivity index (χ1) is 9.73. The van der Waals surface area contributed by atoms with Gasteiger partial charge in [-0.2, -0.15) is 0 Å². The molecule has 3 rings (SSSR count). The summed E-state index contributed by atoms with van der Waals surface area (Å²) in [6.45, 7) is 4.29. The van der Waals surface area contributed by atoms with Crippen molar-refractivity contribution in [3.8, 4) is 0 Å². The second-order valence-electron chi connectivity index (χ2n) is 5.29. The van der Waals surface area contributed by atoms with Crippen LogP contribution in [0.1, 0.15) is 43.4 Å². The highest BCUT2D eigenvalue weighted by atomic mass is 16.3. The summed E-state index contributed by atoms with van der Waals surface area (Å²) < 4.78 is 0. The summed E-state index contributed by atoms with van der Waals surface area (Å²) in [6, 6.07) is 18.3. The highest BCUT2D eigenvalue weighted by molar-refractivity contribution is 5.81. The number of allylic oxidation sites excluding steroid dienone is 1. The molecule has 0 spiro atoms. The van der Waals surface area contributed by atoms with Gasteiger partial charge in [0.2, 0.25) is 0 Å². The van der Waals surface area contributed by atoms with Crippen LogP contribution in [-0.4, -0.2) is 5.11 Å². The lowest BCUT2D eigenvalue weighted by Gasteiger charge is -2.28. The normalized spacial score (nSPS) is 21.1. The molecule has 1 N–H and O–H groups in total. The minimum absolute atomic E-state index is 0.864. The first kappa shape index (κ1) is 13.1. The van der Waals surface area contributed by atoms with Crippen LogP contribution in [0.4, 0.5) is 0 Å². The van der Waals surface area contributed by atoms with Gasteiger partial charge >= 0.3 is 0 Å². The lowest BCUT2D eigenvalue weighted by atomic mass is 9.82. The zero-order valence-electron chi connectivity index (χ0n) is 12.1. The SMILES string of the molecule is CCC1=C(CC)C(O)(c2ccccc2)c2ccccc21. The summed E-state index contributed by atoms with van der Waals surface area (Å²) in [6.07, 6.45) is 1.82. The van der Waals surface area contributed by atoms with E-state index in [-0.39, 0.29) is 0 Å². The molecule has 2 aromatic rings. The molecule has 0 heterocycles. The molecule has 0 saturated carbocycles. The van der Waals surface area contributed by atoms with Crippen LogP contribution < -0.4 is 0 Å². The van der Waals surface area contributed by atoms with Crippen molar-refractivity contribution in [2.75, 3.05) is 0 Å². The molecule has 1 atom stereocenters. The van der Waals surface area contributed by atoms with E-state index in [1.165, 1.54) is 11.1 Å². The van der Waals surface area contributed by atoms with Crippen molar-refractivity contribution < 1.29 is 5.11 Å². The quantitative estimate of drug-likeness (QED) is 0.864. The van der Waals surface area contributed by atoms with Gasteiger partial charge in [-0.1, -0.05) is 68.4 Å². The van der Waals surface area contributed by atoms with Gasteiger partial charge in [-0.3, -0.25) is 0 Å². The highest BCUT2D eigenvalue weighted by Gasteiger charge is 2.43. The number of benzene rings is 2. The van der Waals surface area contributed by atoms with Gasteiger partial charge in [0.1, 0.15) is 5.60 Å². The summed E-state index contributed by atoms with van der Waals surface area (Å²) in [5.74, 6) is 0. The second kappa shape index (κ2) is 4.92. The Labute approximate surface area is 120 Å². The fraction of sp³-hybridized carbons (Fsp3) is 0.263. The number of fused-ring (bicyclic) bond motifs is 1. The van der Waals surface area contributed by atoms with Crippen molar-refractivity contribution in [3.63, 3.8) is 0 Å². The number of hydrogen-bond donors (Lipinski definition) is 1. The van der Waals surface area contributed by atoms with E-state index in [0.29, 0.717) is 0 Å². The second-order valence-corrected chi connectivity index (χ2v) is 5.29. The molecule has 1 aliphatic carbocycles. The van der Waals surface area contributed by atoms with E-state index in [1.54, 1.807) is 0 Å². The maximum atomic E-state index is 11.5. The average Bonchev–Trinajstić information content (AvgIpc) is 2.78. The predicted octanol–water partition coefficient (Wildman–Crippen LogP) is 4.51. The highest BCUT2D eigenvalue weighted by Crippen LogP contribution is 2.50. The third kappa shape index (κ3) is 1.66. The Morgan fingerprint density at radius 2 is 1.50 bits per heavy atom. The van der Waals surface area contributed by atoms with Crippen LogP contribution in [0.2, 0.25) is 0 Å². The Morgan fingerprint density at radius 3 is 2.15 bits per heavy atom. The summed E-state index contributed by atoms with van der Waals surface area (Å²) in [4.78, 5) is 0. The van der Waals surface area contributed by atoms with Crippen molar-refractivity contribution in [3.05, 3.63) is 76.9 Å². The van der Waals surface area contributed by atoms with Crippen molar-refractivity contribution in [2.45, 2.75) is 32.3 Å². The summed E-state index contributed by atoms with van der Waals surface area (Å²) in [7, 11) is 0. The van der Waals surface area contributed by atoms with Gasteiger partial charge in [-0.05, 0) is 40.7 Å². The molecule has 0 radical (unpaired) electrons. The van der Waals surface area contributed by atoms with E-state index < -0.39 is 5.60 Å². The first-order valence-electron chi connectivity index (χ1n) is 7.33. The molecule has 0 fully saturated rings. The molecule has 1 heteroatoms. The molecular formula is C19H20O. The molecule has 102 valence electrons. The number of rotatable bonds is 3. The minimum atomic E-state index is -0.960. The van der Waals surface area contributed by atoms with E-state index in [2.05, 4.69) is 32.0 Å². The van der Waals surface area contributed by atoms with Crippen LogP contribution in [-0.2, 0) is 5.60 Å². The van der Waals surface area contributed by atoms with E-state index >= 15 is 0 Å². The van der Waals surface area contributed by atoms with Crippen LogP contribution in [0.3, 0.4) is 0 Å². The van der Waals surface area contributed by atoms with E-state index in [0.717, 1.165) is 29.5 Å². The van der Waals surface area contributed by atoms with Gasteiger partial charge in [0, 0.05) is 0 Å². The fourth-order valence-electron chi connectivity index (χ4n) is 3.49. The molecule has 0 saturated heterocycles. The van der Waals surface area contributed by atoms with Crippen LogP contribution in [0.15, 0.2) is 60.2 Å². The van der Waals surface area contributed by atoms with Gasteiger partial charge in [-0.25, -0.2) is 0 Å². The maximum Gasteiger partial charge on any atom is 0.137 e. The van der Waals surface area contributed by atoms with Gasteiger partial charge < -0.3 is 5.11 Å². The Hall–Kier alpha value is -1.86. The lowest BCUT2D eigenvalue weighted by Crippen LogP contribution is -2.27. The minimum Gasteiger partial charge on any atom is -0.376 e. The molecule has 1 aliphatic rings. The molecule has 20 heavy (non-hydrogen) atoms. The zero-order valence-corrected chi connectivity index (χ0v) is 12.1. The zero-order chi connectivity index (χ0) is 14.2. The average molecular weight is 264 g/mol. The van der Waals surface area contributed by atoms with E-state index in [1.807, 2.05) is 36.4 Å². The monoisotopic (exact) mass is 264 g/mol. The van der Waals surface area contributed by atoms with Crippen LogP contribution in [0, 0.1) is 0 Å². The Bertz CT molecular complexity index is 654. The first-order valence-corrected chi connectivity index (χ1v) is 7.33. The van der Waals surface area contributed by atoms with Gasteiger partial charge in [0.15, 0.2) is 0 Å². The third-order valence-corrected chi connectivity index (χ3v) is 4.34. The molecule has 0 amide bonds. The van der Waals surface area contributed by atoms with Crippen molar-refractivity contribution in [1.82, 2.24) is 0 Å². The maximum absolute atomic E-state index is 11.5. The Morgan fingerprint density at radius 1 is 0.850 bits per heavy atom. The summed E-state index contributed by atoms with van der Waals surface area (Å²) in [5.41, 5.74) is 4.69. The van der Waals surface area contributed by atoms with Gasteiger partial charge in [0.25, 0.3) is 0 Å². The van der Waals surface area contributed by atoms with Gasteiger partial charge in [0.05, 0.1) is 0 Å². The molecular weight excluding hydrogens is 244 g/mol. The van der Waals surface area contributed by atoms with Crippen molar-refractivity contribution >= 4 is 5.57 Å². The molecule has 1 nitrogen and oxygen atoms in total. The molecule has 2 aromatic carbocycles. The standard InChI is InChI=1S/C19H20O/c1-3-15-16-12-8-9-13-18(16)19(20,17(15)4-2)14-10-6-5-7-11-14/h5-13,20H,3-4H2,1-2H3. The number of hydrogen-bond acceptors (Lipinski definition) is 1. The molecule has 0 aliphatic heterocycles. The lowest BCUT2D eigenvalue weighted by molar-refractivity contribution is 0.122. The van der Waals surface area contributed by atoms with E-state index in [9.17, 15) is 5.11 Å². The molecule has 0 aromatic heterocycles. The predicted molar refractivity (Wildman–Crippen MR) is 83.4 cm³/mol. The fourth-order valence-corrected chi connectivity index (χ4v) is 3.49. The van der Waals surface area contributed by atoms with Crippen LogP contribution >= 0.6 is 0 Å². The third-order valence-electron chi connectivity index (χ3n) is 4.34. The Balaban J connectivity index is 2.32. The topological polar surface area (TPSA) is 20.2 Å². The van der Waals surface area contributed by atoms with E-state index in [4.69, 9.17) is 0 Å². The number of aliphatic hydroxyl groups is 1.